The minimum absolute atomic E-state index is 0.00728. The van der Waals surface area contributed by atoms with Gasteiger partial charge in [-0.15, -0.1) is 0 Å². The maximum absolute atomic E-state index is 14.4. The van der Waals surface area contributed by atoms with Crippen LogP contribution in [-0.2, 0) is 32.6 Å². The first-order valence-electron chi connectivity index (χ1n) is 13.6. The average Bonchev–Trinajstić information content (AvgIpc) is 3.01. The third-order valence-corrected chi connectivity index (χ3v) is 9.61. The Morgan fingerprint density at radius 3 is 2.09 bits per heavy atom. The molecule has 0 fully saturated rings. The van der Waals surface area contributed by atoms with Gasteiger partial charge >= 0.3 is 0 Å². The van der Waals surface area contributed by atoms with Gasteiger partial charge in [-0.25, -0.2) is 8.42 Å². The Morgan fingerprint density at radius 1 is 0.814 bits per heavy atom. The molecule has 2 amide bonds. The van der Waals surface area contributed by atoms with E-state index in [-0.39, 0.29) is 23.8 Å². The third kappa shape index (κ3) is 7.76. The van der Waals surface area contributed by atoms with Gasteiger partial charge in [0.05, 0.1) is 20.6 Å². The summed E-state index contributed by atoms with van der Waals surface area (Å²) in [6.45, 7) is 3.11. The van der Waals surface area contributed by atoms with E-state index in [4.69, 9.17) is 23.2 Å². The molecule has 0 aliphatic carbocycles. The van der Waals surface area contributed by atoms with Crippen molar-refractivity contribution in [1.82, 2.24) is 10.2 Å². The summed E-state index contributed by atoms with van der Waals surface area (Å²) < 4.78 is 29.3. The van der Waals surface area contributed by atoms with Crippen LogP contribution in [0.4, 0.5) is 5.69 Å². The number of likely N-dealkylation sites (N-methyl/N-ethyl adjacent to an activating group) is 1. The number of carbonyl (C=O) groups is 2. The summed E-state index contributed by atoms with van der Waals surface area (Å²) in [7, 11) is -2.67. The maximum atomic E-state index is 14.4. The Labute approximate surface area is 263 Å². The summed E-state index contributed by atoms with van der Waals surface area (Å²) in [5.41, 5.74) is 3.37. The van der Waals surface area contributed by atoms with E-state index in [0.29, 0.717) is 26.9 Å². The highest BCUT2D eigenvalue weighted by molar-refractivity contribution is 7.92. The highest BCUT2D eigenvalue weighted by Crippen LogP contribution is 2.29. The maximum Gasteiger partial charge on any atom is 0.264 e. The van der Waals surface area contributed by atoms with Crippen LogP contribution >= 0.6 is 23.2 Å². The molecule has 10 heteroatoms. The van der Waals surface area contributed by atoms with Gasteiger partial charge in [-0.05, 0) is 66.4 Å². The number of benzene rings is 4. The Balaban J connectivity index is 1.82. The lowest BCUT2D eigenvalue weighted by molar-refractivity contribution is -0.139. The normalized spacial score (nSPS) is 11.9. The molecular weight excluding hydrogens is 605 g/mol. The number of amides is 2. The first-order valence-corrected chi connectivity index (χ1v) is 15.8. The standard InChI is InChI=1S/C33H33Cl2N3O4S/c1-23-14-15-24(2)30(18-23)38(43(41,42)27-12-8-5-9-13-27)22-32(39)37(21-26-16-17-28(34)29(35)19-26)31(33(40)36-3)20-25-10-6-4-7-11-25/h4-19,31H,20-22H2,1-3H3,(H,36,40)/t31-/m0/s1. The predicted octanol–water partition coefficient (Wildman–Crippen LogP) is 6.19. The Bertz CT molecular complexity index is 1700. The van der Waals surface area contributed by atoms with E-state index in [0.717, 1.165) is 15.4 Å². The topological polar surface area (TPSA) is 86.8 Å². The summed E-state index contributed by atoms with van der Waals surface area (Å²) in [6.07, 6.45) is 0.211. The number of carbonyl (C=O) groups excluding carboxylic acids is 2. The van der Waals surface area contributed by atoms with Crippen LogP contribution in [-0.4, -0.2) is 44.8 Å². The molecule has 0 radical (unpaired) electrons. The monoisotopic (exact) mass is 637 g/mol. The van der Waals surface area contributed by atoms with Gasteiger partial charge in [0, 0.05) is 20.0 Å². The molecule has 43 heavy (non-hydrogen) atoms. The number of hydrogen-bond acceptors (Lipinski definition) is 4. The summed E-state index contributed by atoms with van der Waals surface area (Å²) >= 11 is 12.4. The van der Waals surface area contributed by atoms with Gasteiger partial charge in [0.2, 0.25) is 11.8 Å². The van der Waals surface area contributed by atoms with Crippen molar-refractivity contribution >= 4 is 50.7 Å². The predicted molar refractivity (Wildman–Crippen MR) is 172 cm³/mol. The molecule has 0 aliphatic rings. The fraction of sp³-hybridized carbons (Fsp3) is 0.212. The Morgan fingerprint density at radius 2 is 1.47 bits per heavy atom. The molecule has 0 unspecified atom stereocenters. The van der Waals surface area contributed by atoms with E-state index in [1.807, 2.05) is 49.4 Å². The van der Waals surface area contributed by atoms with Crippen LogP contribution < -0.4 is 9.62 Å². The van der Waals surface area contributed by atoms with Gasteiger partial charge in [-0.2, -0.15) is 0 Å². The molecule has 0 heterocycles. The minimum atomic E-state index is -4.17. The molecule has 1 atom stereocenters. The zero-order valence-electron chi connectivity index (χ0n) is 24.1. The van der Waals surface area contributed by atoms with Crippen LogP contribution in [0.3, 0.4) is 0 Å². The van der Waals surface area contributed by atoms with Gasteiger partial charge in [-0.1, -0.05) is 89.9 Å². The lowest BCUT2D eigenvalue weighted by Gasteiger charge is -2.34. The van der Waals surface area contributed by atoms with Crippen molar-refractivity contribution in [2.24, 2.45) is 0 Å². The molecule has 4 rings (SSSR count). The smallest absolute Gasteiger partial charge is 0.264 e. The molecule has 0 aromatic heterocycles. The zero-order chi connectivity index (χ0) is 31.1. The number of sulfonamides is 1. The highest BCUT2D eigenvalue weighted by Gasteiger charge is 2.34. The third-order valence-electron chi connectivity index (χ3n) is 7.10. The minimum Gasteiger partial charge on any atom is -0.357 e. The van der Waals surface area contributed by atoms with E-state index in [2.05, 4.69) is 5.32 Å². The number of aryl methyl sites for hydroxylation is 2. The fourth-order valence-corrected chi connectivity index (χ4v) is 6.59. The van der Waals surface area contributed by atoms with Crippen LogP contribution in [0.25, 0.3) is 0 Å². The van der Waals surface area contributed by atoms with Crippen molar-refractivity contribution in [2.45, 2.75) is 37.8 Å². The SMILES string of the molecule is CNC(=O)[C@H](Cc1ccccc1)N(Cc1ccc(Cl)c(Cl)c1)C(=O)CN(c1cc(C)ccc1C)S(=O)(=O)c1ccccc1. The Kier molecular flexibility index (Phi) is 10.5. The fourth-order valence-electron chi connectivity index (χ4n) is 4.78. The second-order valence-corrected chi connectivity index (χ2v) is 12.9. The molecule has 4 aromatic carbocycles. The largest absolute Gasteiger partial charge is 0.357 e. The van der Waals surface area contributed by atoms with Crippen LogP contribution in [0.1, 0.15) is 22.3 Å². The molecular formula is C33H33Cl2N3O4S. The number of nitrogens with one attached hydrogen (secondary N) is 1. The molecule has 0 spiro atoms. The zero-order valence-corrected chi connectivity index (χ0v) is 26.5. The second kappa shape index (κ2) is 14.1. The van der Waals surface area contributed by atoms with Crippen molar-refractivity contribution < 1.29 is 18.0 Å². The lowest BCUT2D eigenvalue weighted by atomic mass is 10.0. The van der Waals surface area contributed by atoms with Crippen molar-refractivity contribution in [2.75, 3.05) is 17.9 Å². The average molecular weight is 639 g/mol. The summed E-state index contributed by atoms with van der Waals surface area (Å²) in [6, 6.07) is 26.8. The van der Waals surface area contributed by atoms with Gasteiger partial charge in [0.1, 0.15) is 12.6 Å². The van der Waals surface area contributed by atoms with Crippen LogP contribution in [0.15, 0.2) is 102 Å². The van der Waals surface area contributed by atoms with E-state index >= 15 is 0 Å². The lowest BCUT2D eigenvalue weighted by Crippen LogP contribution is -2.53. The van der Waals surface area contributed by atoms with E-state index in [1.54, 1.807) is 49.4 Å². The van der Waals surface area contributed by atoms with Crippen molar-refractivity contribution in [1.29, 1.82) is 0 Å². The molecule has 1 N–H and O–H groups in total. The molecule has 0 saturated heterocycles. The molecule has 7 nitrogen and oxygen atoms in total. The number of hydrogen-bond donors (Lipinski definition) is 1. The van der Waals surface area contributed by atoms with Gasteiger partial charge in [0.15, 0.2) is 0 Å². The summed E-state index contributed by atoms with van der Waals surface area (Å²) in [5.74, 6) is -0.947. The van der Waals surface area contributed by atoms with Crippen molar-refractivity contribution in [3.63, 3.8) is 0 Å². The highest BCUT2D eigenvalue weighted by atomic mass is 35.5. The number of rotatable bonds is 11. The van der Waals surface area contributed by atoms with Crippen molar-refractivity contribution in [3.05, 3.63) is 129 Å². The van der Waals surface area contributed by atoms with Crippen LogP contribution in [0.5, 0.6) is 0 Å². The Hall–Kier alpha value is -3.85. The molecule has 0 bridgehead atoms. The van der Waals surface area contributed by atoms with Gasteiger partial charge in [0.25, 0.3) is 10.0 Å². The second-order valence-electron chi connectivity index (χ2n) is 10.2. The number of nitrogens with zero attached hydrogens (tertiary/aromatic N) is 2. The van der Waals surface area contributed by atoms with Crippen LogP contribution in [0.2, 0.25) is 10.0 Å². The molecule has 0 aliphatic heterocycles. The molecule has 0 saturated carbocycles. The molecule has 224 valence electrons. The van der Waals surface area contributed by atoms with Gasteiger partial charge < -0.3 is 10.2 Å². The molecule has 4 aromatic rings. The van der Waals surface area contributed by atoms with E-state index < -0.39 is 28.5 Å². The number of halogens is 2. The van der Waals surface area contributed by atoms with E-state index in [9.17, 15) is 18.0 Å². The van der Waals surface area contributed by atoms with Crippen molar-refractivity contribution in [3.8, 4) is 0 Å². The summed E-state index contributed by atoms with van der Waals surface area (Å²) in [4.78, 5) is 29.2. The van der Waals surface area contributed by atoms with Gasteiger partial charge in [-0.3, -0.25) is 13.9 Å². The first-order chi connectivity index (χ1) is 20.5. The van der Waals surface area contributed by atoms with Crippen LogP contribution in [0, 0.1) is 13.8 Å². The number of anilines is 1. The van der Waals surface area contributed by atoms with E-state index in [1.165, 1.54) is 24.1 Å². The quantitative estimate of drug-likeness (QED) is 0.212. The summed E-state index contributed by atoms with van der Waals surface area (Å²) in [5, 5.41) is 3.33. The first kappa shape index (κ1) is 32.1.